The van der Waals surface area contributed by atoms with Gasteiger partial charge in [-0.2, -0.15) is 0 Å². The van der Waals surface area contributed by atoms with Crippen LogP contribution in [0.1, 0.15) is 29.9 Å². The number of aromatic nitrogens is 2. The number of rotatable bonds is 7. The van der Waals surface area contributed by atoms with E-state index in [4.69, 9.17) is 4.74 Å². The molecular formula is C29H30N4O5S. The maximum absolute atomic E-state index is 13.7. The molecule has 4 heterocycles. The fourth-order valence-electron chi connectivity index (χ4n) is 5.80. The average molecular weight is 547 g/mol. The Bertz CT molecular complexity index is 1580. The standard InChI is InChI=1S/C29H30N4O5S/c34-29(35)33-19-27(26(33)17-20-6-4-9-23(16-20)38-22-7-2-1-3-8-22)39(36,37)32-14-11-21(12-15-32)25-18-31-28-24(25)10-5-13-30-28/h1-10,13,16,18,21,26-27H,11-12,14-15,17,19H2,(H,30,31)(H,34,35). The minimum Gasteiger partial charge on any atom is -0.465 e. The van der Waals surface area contributed by atoms with Crippen LogP contribution in [0.2, 0.25) is 0 Å². The molecule has 0 aliphatic carbocycles. The number of nitrogens with one attached hydrogen (secondary N) is 1. The Balaban J connectivity index is 1.15. The maximum Gasteiger partial charge on any atom is 0.407 e. The zero-order valence-electron chi connectivity index (χ0n) is 21.3. The molecule has 2 aliphatic rings. The molecule has 2 aromatic heterocycles. The molecule has 2 N–H and O–H groups in total. The molecule has 0 saturated carbocycles. The van der Waals surface area contributed by atoms with E-state index in [-0.39, 0.29) is 12.5 Å². The summed E-state index contributed by atoms with van der Waals surface area (Å²) in [7, 11) is -3.68. The van der Waals surface area contributed by atoms with Gasteiger partial charge in [0.15, 0.2) is 0 Å². The molecule has 6 rings (SSSR count). The molecule has 0 spiro atoms. The lowest BCUT2D eigenvalue weighted by atomic mass is 9.90. The first-order chi connectivity index (χ1) is 18.9. The molecule has 2 fully saturated rings. The van der Waals surface area contributed by atoms with E-state index in [9.17, 15) is 18.3 Å². The van der Waals surface area contributed by atoms with Crippen LogP contribution in [0.5, 0.6) is 11.5 Å². The number of piperidine rings is 1. The van der Waals surface area contributed by atoms with Crippen molar-refractivity contribution in [2.45, 2.75) is 36.5 Å². The zero-order valence-corrected chi connectivity index (χ0v) is 22.1. The molecule has 0 bridgehead atoms. The number of carbonyl (C=O) groups is 1. The molecule has 1 amide bonds. The summed E-state index contributed by atoms with van der Waals surface area (Å²) in [5.41, 5.74) is 2.84. The van der Waals surface area contributed by atoms with Gasteiger partial charge in [-0.3, -0.25) is 0 Å². The number of nitrogens with zero attached hydrogens (tertiary/aromatic N) is 3. The molecule has 4 aromatic rings. The minimum absolute atomic E-state index is 0.0173. The molecular weight excluding hydrogens is 516 g/mol. The van der Waals surface area contributed by atoms with Crippen LogP contribution >= 0.6 is 0 Å². The van der Waals surface area contributed by atoms with Gasteiger partial charge in [0.05, 0.1) is 6.04 Å². The SMILES string of the molecule is O=C(O)N1CC(S(=O)(=O)N2CCC(c3c[nH]c4ncccc34)CC2)C1Cc1cccc(Oc2ccccc2)c1. The van der Waals surface area contributed by atoms with Crippen LogP contribution in [0.15, 0.2) is 79.1 Å². The van der Waals surface area contributed by atoms with E-state index in [0.29, 0.717) is 43.9 Å². The van der Waals surface area contributed by atoms with Gasteiger partial charge in [-0.1, -0.05) is 30.3 Å². The average Bonchev–Trinajstić information content (AvgIpc) is 3.36. The summed E-state index contributed by atoms with van der Waals surface area (Å²) in [6.45, 7) is 0.809. The Morgan fingerprint density at radius 1 is 1.03 bits per heavy atom. The van der Waals surface area contributed by atoms with Gasteiger partial charge in [-0.25, -0.2) is 22.5 Å². The van der Waals surface area contributed by atoms with Crippen LogP contribution in [0.4, 0.5) is 4.79 Å². The highest BCUT2D eigenvalue weighted by Gasteiger charge is 2.51. The van der Waals surface area contributed by atoms with Gasteiger partial charge in [0.25, 0.3) is 0 Å². The number of aromatic amines is 1. The van der Waals surface area contributed by atoms with Gasteiger partial charge in [-0.05, 0) is 72.7 Å². The number of carboxylic acid groups (broad SMARTS) is 1. The number of likely N-dealkylation sites (tertiary alicyclic amines) is 1. The Morgan fingerprint density at radius 3 is 2.56 bits per heavy atom. The largest absolute Gasteiger partial charge is 0.465 e. The highest BCUT2D eigenvalue weighted by molar-refractivity contribution is 7.89. The second kappa shape index (κ2) is 10.3. The van der Waals surface area contributed by atoms with E-state index in [1.807, 2.05) is 72.9 Å². The predicted molar refractivity (Wildman–Crippen MR) is 148 cm³/mol. The quantitative estimate of drug-likeness (QED) is 0.343. The number of H-pyrrole nitrogens is 1. The van der Waals surface area contributed by atoms with Gasteiger partial charge in [0.2, 0.25) is 10.0 Å². The number of fused-ring (bicyclic) bond motifs is 1. The molecule has 2 aromatic carbocycles. The molecule has 39 heavy (non-hydrogen) atoms. The third-order valence-electron chi connectivity index (χ3n) is 7.89. The lowest BCUT2D eigenvalue weighted by Gasteiger charge is -2.48. The topological polar surface area (TPSA) is 116 Å². The van der Waals surface area contributed by atoms with Crippen molar-refractivity contribution in [3.63, 3.8) is 0 Å². The van der Waals surface area contributed by atoms with E-state index in [1.54, 1.807) is 10.5 Å². The molecule has 2 aliphatic heterocycles. The molecule has 0 radical (unpaired) electrons. The molecule has 2 atom stereocenters. The Kier molecular flexibility index (Phi) is 6.74. The van der Waals surface area contributed by atoms with Crippen molar-refractivity contribution >= 4 is 27.1 Å². The van der Waals surface area contributed by atoms with Crippen molar-refractivity contribution < 1.29 is 23.1 Å². The van der Waals surface area contributed by atoms with Gasteiger partial charge in [0.1, 0.15) is 22.4 Å². The number of ether oxygens (including phenoxy) is 1. The normalized spacial score (nSPS) is 20.6. The summed E-state index contributed by atoms with van der Waals surface area (Å²) in [6, 6.07) is 20.1. The van der Waals surface area contributed by atoms with Gasteiger partial charge in [0, 0.05) is 37.4 Å². The molecule has 2 unspecified atom stereocenters. The minimum atomic E-state index is -3.68. The van der Waals surface area contributed by atoms with Gasteiger partial charge >= 0.3 is 6.09 Å². The number of hydrogen-bond acceptors (Lipinski definition) is 5. The summed E-state index contributed by atoms with van der Waals surface area (Å²) in [6.07, 6.45) is 4.34. The maximum atomic E-state index is 13.7. The van der Waals surface area contributed by atoms with Crippen molar-refractivity contribution in [3.05, 3.63) is 90.3 Å². The number of hydrogen-bond donors (Lipinski definition) is 2. The molecule has 9 nitrogen and oxygen atoms in total. The summed E-state index contributed by atoms with van der Waals surface area (Å²) in [5, 5.41) is 10.0. The number of sulfonamides is 1. The van der Waals surface area contributed by atoms with E-state index < -0.39 is 27.4 Å². The van der Waals surface area contributed by atoms with E-state index in [1.165, 1.54) is 10.5 Å². The highest BCUT2D eigenvalue weighted by atomic mass is 32.2. The molecule has 2 saturated heterocycles. The number of benzene rings is 2. The fourth-order valence-corrected chi connectivity index (χ4v) is 7.89. The summed E-state index contributed by atoms with van der Waals surface area (Å²) >= 11 is 0. The van der Waals surface area contributed by atoms with Crippen LogP contribution in [-0.2, 0) is 16.4 Å². The smallest absolute Gasteiger partial charge is 0.407 e. The predicted octanol–water partition coefficient (Wildman–Crippen LogP) is 4.84. The lowest BCUT2D eigenvalue weighted by Crippen LogP contribution is -2.67. The fraction of sp³-hybridized carbons (Fsp3) is 0.310. The van der Waals surface area contributed by atoms with E-state index in [0.717, 1.165) is 16.6 Å². The third kappa shape index (κ3) is 4.97. The van der Waals surface area contributed by atoms with Crippen LogP contribution in [-0.4, -0.2) is 69.7 Å². The van der Waals surface area contributed by atoms with Crippen molar-refractivity contribution in [1.82, 2.24) is 19.2 Å². The molecule has 202 valence electrons. The number of amides is 1. The monoisotopic (exact) mass is 546 g/mol. The molecule has 10 heteroatoms. The van der Waals surface area contributed by atoms with Crippen LogP contribution in [0.25, 0.3) is 11.0 Å². The first-order valence-corrected chi connectivity index (χ1v) is 14.6. The number of para-hydroxylation sites is 1. The van der Waals surface area contributed by atoms with Crippen molar-refractivity contribution in [1.29, 1.82) is 0 Å². The van der Waals surface area contributed by atoms with Crippen molar-refractivity contribution in [2.24, 2.45) is 0 Å². The first-order valence-electron chi connectivity index (χ1n) is 13.1. The highest BCUT2D eigenvalue weighted by Crippen LogP contribution is 2.36. The van der Waals surface area contributed by atoms with Crippen LogP contribution in [0.3, 0.4) is 0 Å². The van der Waals surface area contributed by atoms with Gasteiger partial charge in [-0.15, -0.1) is 0 Å². The Hall–Kier alpha value is -3.89. The summed E-state index contributed by atoms with van der Waals surface area (Å²) in [5.74, 6) is 1.56. The Labute approximate surface area is 227 Å². The summed E-state index contributed by atoms with van der Waals surface area (Å²) in [4.78, 5) is 20.7. The Morgan fingerprint density at radius 2 is 1.79 bits per heavy atom. The number of pyridine rings is 1. The van der Waals surface area contributed by atoms with Crippen LogP contribution in [0, 0.1) is 0 Å². The van der Waals surface area contributed by atoms with E-state index >= 15 is 0 Å². The lowest BCUT2D eigenvalue weighted by molar-refractivity contribution is 0.0765. The van der Waals surface area contributed by atoms with Crippen LogP contribution < -0.4 is 4.74 Å². The zero-order chi connectivity index (χ0) is 27.0. The first kappa shape index (κ1) is 25.4. The second-order valence-electron chi connectivity index (χ2n) is 10.2. The van der Waals surface area contributed by atoms with Gasteiger partial charge < -0.3 is 19.7 Å². The third-order valence-corrected chi connectivity index (χ3v) is 10.2. The van der Waals surface area contributed by atoms with Crippen molar-refractivity contribution in [3.8, 4) is 11.5 Å². The van der Waals surface area contributed by atoms with E-state index in [2.05, 4.69) is 9.97 Å². The summed E-state index contributed by atoms with van der Waals surface area (Å²) < 4.78 is 34.9. The second-order valence-corrected chi connectivity index (χ2v) is 12.3. The van der Waals surface area contributed by atoms with Crippen molar-refractivity contribution in [2.75, 3.05) is 19.6 Å².